The van der Waals surface area contributed by atoms with Crippen molar-refractivity contribution in [2.24, 2.45) is 0 Å². The van der Waals surface area contributed by atoms with Crippen LogP contribution in [0.5, 0.6) is 0 Å². The fourth-order valence-corrected chi connectivity index (χ4v) is 7.53. The maximum Gasteiger partial charge on any atom is 0.136 e. The summed E-state index contributed by atoms with van der Waals surface area (Å²) in [5.41, 5.74) is 8.17. The molecule has 0 aliphatic rings. The van der Waals surface area contributed by atoms with E-state index in [9.17, 15) is 0 Å². The van der Waals surface area contributed by atoms with Crippen LogP contribution in [-0.4, -0.2) is 0 Å². The molecule has 0 bridgehead atoms. The summed E-state index contributed by atoms with van der Waals surface area (Å²) in [5.74, 6) is 0. The van der Waals surface area contributed by atoms with E-state index in [1.54, 1.807) is 0 Å². The normalized spacial score (nSPS) is 13.1. The van der Waals surface area contributed by atoms with Gasteiger partial charge in [0.15, 0.2) is 0 Å². The highest BCUT2D eigenvalue weighted by molar-refractivity contribution is 6.22. The van der Waals surface area contributed by atoms with E-state index in [0.29, 0.717) is 5.56 Å². The second-order valence-corrected chi connectivity index (χ2v) is 12.5. The molecule has 9 aromatic carbocycles. The molecule has 0 N–H and O–H groups in total. The summed E-state index contributed by atoms with van der Waals surface area (Å²) in [5, 5.41) is 8.72. The highest BCUT2D eigenvalue weighted by Gasteiger charge is 2.19. The zero-order chi connectivity index (χ0) is 36.7. The number of fused-ring (bicyclic) bond motifs is 6. The second kappa shape index (κ2) is 11.1. The van der Waals surface area contributed by atoms with Crippen molar-refractivity contribution in [3.8, 4) is 44.5 Å². The Morgan fingerprint density at radius 2 is 0.898 bits per heavy atom. The Hall–Kier alpha value is -6.44. The van der Waals surface area contributed by atoms with Gasteiger partial charge in [-0.05, 0) is 107 Å². The number of benzene rings is 9. The molecule has 0 unspecified atom stereocenters. The van der Waals surface area contributed by atoms with Crippen molar-refractivity contribution < 1.29 is 11.3 Å². The molecule has 10 aromatic rings. The summed E-state index contributed by atoms with van der Waals surface area (Å²) in [6.45, 7) is 0. The van der Waals surface area contributed by atoms with Gasteiger partial charge in [-0.2, -0.15) is 0 Å². The largest absolute Gasteiger partial charge is 0.456 e. The molecule has 0 aliphatic heterocycles. The molecule has 0 saturated carbocycles. The highest BCUT2D eigenvalue weighted by atomic mass is 16.3. The van der Waals surface area contributed by atoms with Gasteiger partial charge in [-0.25, -0.2) is 0 Å². The second-order valence-electron chi connectivity index (χ2n) is 12.5. The van der Waals surface area contributed by atoms with Crippen LogP contribution in [0.3, 0.4) is 0 Å². The molecule has 1 nitrogen and oxygen atoms in total. The van der Waals surface area contributed by atoms with Crippen LogP contribution < -0.4 is 0 Å². The molecule has 0 radical (unpaired) electrons. The molecule has 0 atom stereocenters. The van der Waals surface area contributed by atoms with Crippen LogP contribution in [0.4, 0.5) is 0 Å². The maximum absolute atomic E-state index is 8.94. The molecule has 0 saturated heterocycles. The minimum absolute atomic E-state index is 0.180. The van der Waals surface area contributed by atoms with Crippen LogP contribution in [0.25, 0.3) is 98.8 Å². The van der Waals surface area contributed by atoms with Gasteiger partial charge < -0.3 is 4.42 Å². The highest BCUT2D eigenvalue weighted by Crippen LogP contribution is 2.46. The van der Waals surface area contributed by atoms with Crippen LogP contribution in [0, 0.1) is 0 Å². The average molecular weight is 628 g/mol. The summed E-state index contributed by atoms with van der Waals surface area (Å²) in [7, 11) is 0. The minimum atomic E-state index is -0.409. The van der Waals surface area contributed by atoms with Crippen molar-refractivity contribution in [2.75, 3.05) is 0 Å². The molecule has 0 aliphatic carbocycles. The molecule has 0 fully saturated rings. The van der Waals surface area contributed by atoms with Crippen molar-refractivity contribution in [2.45, 2.75) is 0 Å². The zero-order valence-corrected chi connectivity index (χ0v) is 26.3. The van der Waals surface area contributed by atoms with E-state index in [1.807, 2.05) is 60.7 Å². The number of hydrogen-bond acceptors (Lipinski definition) is 1. The van der Waals surface area contributed by atoms with Gasteiger partial charge in [0.05, 0.1) is 6.85 Å². The topological polar surface area (TPSA) is 13.1 Å². The fourth-order valence-electron chi connectivity index (χ4n) is 7.53. The standard InChI is InChI=1S/C48H30O/c1-3-13-31(14-4-1)37-25-23-35(28-43(37)32-15-5-2-6-16-32)47-39-19-9-11-21-41(39)48(42-22-12-10-20-40(42)47)36-24-26-38-44-27-33-17-7-8-18-34(33)29-46(44)49-45(38)30-36/h1-30H/i2D,5D,6D,15D,16D. The third-order valence-corrected chi connectivity index (χ3v) is 9.72. The lowest BCUT2D eigenvalue weighted by Gasteiger charge is -2.19. The van der Waals surface area contributed by atoms with Gasteiger partial charge in [0.1, 0.15) is 11.2 Å². The molecule has 0 amide bonds. The molecule has 49 heavy (non-hydrogen) atoms. The Labute approximate surface area is 291 Å². The third-order valence-electron chi connectivity index (χ3n) is 9.72. The van der Waals surface area contributed by atoms with E-state index in [1.165, 1.54) is 5.39 Å². The predicted molar refractivity (Wildman–Crippen MR) is 208 cm³/mol. The summed E-state index contributed by atoms with van der Waals surface area (Å²) < 4.78 is 49.7. The molecule has 1 heterocycles. The van der Waals surface area contributed by atoms with E-state index in [2.05, 4.69) is 91.0 Å². The molecule has 0 spiro atoms. The monoisotopic (exact) mass is 627 g/mol. The van der Waals surface area contributed by atoms with Crippen molar-refractivity contribution in [3.05, 3.63) is 182 Å². The first-order chi connectivity index (χ1) is 26.4. The SMILES string of the molecule is [2H]c1c([2H])c([2H])c(-c2cc(-c3c4ccccc4c(-c4ccc5c(c4)oc4cc6ccccc6cc45)c4ccccc34)ccc2-c2ccccc2)c([2H])c1[2H]. The molecule has 10 rings (SSSR count). The summed E-state index contributed by atoms with van der Waals surface area (Å²) in [6, 6.07) is 50.3. The molecular formula is C48H30O. The lowest BCUT2D eigenvalue weighted by Crippen LogP contribution is -1.92. The van der Waals surface area contributed by atoms with Gasteiger partial charge in [-0.3, -0.25) is 0 Å². The quantitative estimate of drug-likeness (QED) is 0.177. The first-order valence-electron chi connectivity index (χ1n) is 18.9. The van der Waals surface area contributed by atoms with Gasteiger partial charge in [0, 0.05) is 10.8 Å². The number of furan rings is 1. The van der Waals surface area contributed by atoms with Gasteiger partial charge in [-0.1, -0.05) is 152 Å². The van der Waals surface area contributed by atoms with Crippen molar-refractivity contribution in [1.29, 1.82) is 0 Å². The third kappa shape index (κ3) is 4.47. The summed E-state index contributed by atoms with van der Waals surface area (Å²) >= 11 is 0. The van der Waals surface area contributed by atoms with Crippen LogP contribution in [0.15, 0.2) is 186 Å². The molecular weight excluding hydrogens is 593 g/mol. The lowest BCUT2D eigenvalue weighted by molar-refractivity contribution is 0.669. The van der Waals surface area contributed by atoms with Crippen molar-refractivity contribution in [1.82, 2.24) is 0 Å². The first-order valence-corrected chi connectivity index (χ1v) is 16.4. The van der Waals surface area contributed by atoms with Gasteiger partial charge in [0.2, 0.25) is 0 Å². The first kappa shape index (κ1) is 23.0. The summed E-state index contributed by atoms with van der Waals surface area (Å²) in [4.78, 5) is 0. The van der Waals surface area contributed by atoms with Crippen LogP contribution in [0.1, 0.15) is 6.85 Å². The predicted octanol–water partition coefficient (Wildman–Crippen LogP) is 13.7. The van der Waals surface area contributed by atoms with Crippen LogP contribution in [-0.2, 0) is 0 Å². The number of rotatable bonds is 4. The average Bonchev–Trinajstić information content (AvgIpc) is 3.57. The van der Waals surface area contributed by atoms with Crippen LogP contribution >= 0.6 is 0 Å². The minimum Gasteiger partial charge on any atom is -0.456 e. The number of hydrogen-bond donors (Lipinski definition) is 0. The summed E-state index contributed by atoms with van der Waals surface area (Å²) in [6.07, 6.45) is 0. The lowest BCUT2D eigenvalue weighted by atomic mass is 9.84. The Kier molecular flexibility index (Phi) is 5.20. The van der Waals surface area contributed by atoms with Gasteiger partial charge in [-0.15, -0.1) is 0 Å². The van der Waals surface area contributed by atoms with E-state index in [4.69, 9.17) is 11.3 Å². The van der Waals surface area contributed by atoms with Crippen molar-refractivity contribution in [3.63, 3.8) is 0 Å². The molecule has 1 aromatic heterocycles. The Morgan fingerprint density at radius 3 is 1.57 bits per heavy atom. The molecule has 228 valence electrons. The molecule has 1 heteroatoms. The Morgan fingerprint density at radius 1 is 0.347 bits per heavy atom. The Bertz CT molecular complexity index is 3080. The Balaban J connectivity index is 1.24. The maximum atomic E-state index is 8.94. The van der Waals surface area contributed by atoms with Crippen LogP contribution in [0.2, 0.25) is 0 Å². The van der Waals surface area contributed by atoms with E-state index < -0.39 is 6.04 Å². The van der Waals surface area contributed by atoms with E-state index in [0.717, 1.165) is 82.3 Å². The smallest absolute Gasteiger partial charge is 0.136 e. The van der Waals surface area contributed by atoms with Gasteiger partial charge in [0.25, 0.3) is 0 Å². The fraction of sp³-hybridized carbons (Fsp3) is 0. The van der Waals surface area contributed by atoms with Gasteiger partial charge >= 0.3 is 0 Å². The zero-order valence-electron chi connectivity index (χ0n) is 31.3. The van der Waals surface area contributed by atoms with Crippen molar-refractivity contribution >= 4 is 54.3 Å². The van der Waals surface area contributed by atoms with E-state index >= 15 is 0 Å². The van der Waals surface area contributed by atoms with E-state index in [-0.39, 0.29) is 29.7 Å².